The number of rotatable bonds is 3. The average molecular weight is 222 g/mol. The lowest BCUT2D eigenvalue weighted by Crippen LogP contribution is -1.94. The van der Waals surface area contributed by atoms with Crippen LogP contribution in [0.3, 0.4) is 0 Å². The number of halogens is 1. The highest BCUT2D eigenvalue weighted by molar-refractivity contribution is 5.61. The van der Waals surface area contributed by atoms with Crippen LogP contribution in [0.1, 0.15) is 5.56 Å². The van der Waals surface area contributed by atoms with E-state index in [2.05, 4.69) is 5.16 Å². The zero-order valence-corrected chi connectivity index (χ0v) is 8.74. The van der Waals surface area contributed by atoms with E-state index in [0.29, 0.717) is 16.9 Å². The van der Waals surface area contributed by atoms with E-state index in [4.69, 9.17) is 15.0 Å². The molecule has 2 rings (SSSR count). The molecule has 0 aliphatic heterocycles. The minimum absolute atomic E-state index is 0.212. The first kappa shape index (κ1) is 10.6. The minimum atomic E-state index is -0.375. The second kappa shape index (κ2) is 4.32. The first-order chi connectivity index (χ1) is 7.72. The van der Waals surface area contributed by atoms with Crippen LogP contribution in [-0.2, 0) is 11.3 Å². The minimum Gasteiger partial charge on any atom is -0.381 e. The number of nitrogens with two attached hydrogens (primary N) is 1. The number of ether oxygens (including phenoxy) is 1. The van der Waals surface area contributed by atoms with Crippen LogP contribution in [0.25, 0.3) is 11.3 Å². The number of benzene rings is 1. The van der Waals surface area contributed by atoms with Crippen molar-refractivity contribution in [2.75, 3.05) is 12.8 Å². The van der Waals surface area contributed by atoms with Crippen molar-refractivity contribution in [3.63, 3.8) is 0 Å². The molecule has 2 aromatic rings. The highest BCUT2D eigenvalue weighted by atomic mass is 19.1. The number of nitrogen functional groups attached to an aromatic ring is 1. The maximum Gasteiger partial charge on any atom is 0.172 e. The van der Waals surface area contributed by atoms with Gasteiger partial charge >= 0.3 is 0 Å². The Bertz CT molecular complexity index is 496. The fraction of sp³-hybridized carbons (Fsp3) is 0.182. The zero-order valence-electron chi connectivity index (χ0n) is 8.74. The monoisotopic (exact) mass is 222 g/mol. The Morgan fingerprint density at radius 3 is 2.94 bits per heavy atom. The smallest absolute Gasteiger partial charge is 0.172 e. The van der Waals surface area contributed by atoms with Gasteiger partial charge < -0.3 is 15.0 Å². The highest BCUT2D eigenvalue weighted by Gasteiger charge is 2.13. The Labute approximate surface area is 91.8 Å². The van der Waals surface area contributed by atoms with Gasteiger partial charge in [0.15, 0.2) is 11.6 Å². The molecule has 0 unspecified atom stereocenters. The summed E-state index contributed by atoms with van der Waals surface area (Å²) >= 11 is 0. The predicted molar refractivity (Wildman–Crippen MR) is 57.0 cm³/mol. The number of aromatic nitrogens is 1. The molecule has 1 aromatic carbocycles. The summed E-state index contributed by atoms with van der Waals surface area (Å²) in [4.78, 5) is 0. The Balaban J connectivity index is 2.45. The second-order valence-electron chi connectivity index (χ2n) is 3.33. The number of anilines is 1. The van der Waals surface area contributed by atoms with Crippen LogP contribution in [0.15, 0.2) is 28.8 Å². The topological polar surface area (TPSA) is 61.3 Å². The first-order valence-electron chi connectivity index (χ1n) is 4.71. The van der Waals surface area contributed by atoms with Crippen molar-refractivity contribution < 1.29 is 13.7 Å². The van der Waals surface area contributed by atoms with E-state index >= 15 is 0 Å². The van der Waals surface area contributed by atoms with Crippen LogP contribution in [0.2, 0.25) is 0 Å². The molecule has 0 spiro atoms. The molecule has 0 saturated heterocycles. The molecular formula is C11H11FN2O2. The van der Waals surface area contributed by atoms with Gasteiger partial charge in [-0.3, -0.25) is 0 Å². The molecule has 4 nitrogen and oxygen atoms in total. The summed E-state index contributed by atoms with van der Waals surface area (Å²) in [5.41, 5.74) is 6.21. The highest BCUT2D eigenvalue weighted by Crippen LogP contribution is 2.26. The maximum atomic E-state index is 13.9. The second-order valence-corrected chi connectivity index (χ2v) is 3.33. The Morgan fingerprint density at radius 2 is 2.31 bits per heavy atom. The third-order valence-electron chi connectivity index (χ3n) is 2.17. The summed E-state index contributed by atoms with van der Waals surface area (Å²) in [6, 6.07) is 6.47. The van der Waals surface area contributed by atoms with Gasteiger partial charge in [0, 0.05) is 18.7 Å². The summed E-state index contributed by atoms with van der Waals surface area (Å²) in [7, 11) is 1.51. The molecule has 0 bridgehead atoms. The molecule has 2 N–H and O–H groups in total. The lowest BCUT2D eigenvalue weighted by molar-refractivity contribution is 0.181. The summed E-state index contributed by atoms with van der Waals surface area (Å²) in [5.74, 6) is 0.167. The fourth-order valence-electron chi connectivity index (χ4n) is 1.45. The van der Waals surface area contributed by atoms with Crippen molar-refractivity contribution >= 4 is 5.82 Å². The van der Waals surface area contributed by atoms with Crippen LogP contribution in [0, 0.1) is 5.82 Å². The third kappa shape index (κ3) is 1.90. The van der Waals surface area contributed by atoms with E-state index in [-0.39, 0.29) is 18.2 Å². The first-order valence-corrected chi connectivity index (χ1v) is 4.71. The molecule has 84 valence electrons. The van der Waals surface area contributed by atoms with Crippen LogP contribution < -0.4 is 5.73 Å². The van der Waals surface area contributed by atoms with Gasteiger partial charge in [-0.2, -0.15) is 0 Å². The van der Waals surface area contributed by atoms with Gasteiger partial charge in [-0.05, 0) is 6.07 Å². The van der Waals surface area contributed by atoms with Crippen LogP contribution in [0.4, 0.5) is 10.2 Å². The molecule has 0 amide bonds. The van der Waals surface area contributed by atoms with E-state index in [9.17, 15) is 4.39 Å². The van der Waals surface area contributed by atoms with E-state index in [1.807, 2.05) is 0 Å². The Kier molecular flexibility index (Phi) is 2.87. The molecular weight excluding hydrogens is 211 g/mol. The number of methoxy groups -OCH3 is 1. The van der Waals surface area contributed by atoms with Gasteiger partial charge in [0.2, 0.25) is 0 Å². The van der Waals surface area contributed by atoms with Crippen molar-refractivity contribution in [3.8, 4) is 11.3 Å². The molecule has 0 radical (unpaired) electrons. The van der Waals surface area contributed by atoms with Gasteiger partial charge in [0.05, 0.1) is 12.2 Å². The van der Waals surface area contributed by atoms with Crippen molar-refractivity contribution in [1.82, 2.24) is 5.16 Å². The molecule has 1 heterocycles. The van der Waals surface area contributed by atoms with Crippen molar-refractivity contribution in [2.24, 2.45) is 0 Å². The molecule has 1 aromatic heterocycles. The maximum absolute atomic E-state index is 13.9. The largest absolute Gasteiger partial charge is 0.381 e. The van der Waals surface area contributed by atoms with Gasteiger partial charge in [-0.25, -0.2) is 4.39 Å². The lowest BCUT2D eigenvalue weighted by Gasteiger charge is -2.04. The number of nitrogens with zero attached hydrogens (tertiary/aromatic N) is 1. The predicted octanol–water partition coefficient (Wildman–Crippen LogP) is 2.21. The van der Waals surface area contributed by atoms with Gasteiger partial charge in [0.25, 0.3) is 0 Å². The molecule has 0 atom stereocenters. The normalized spacial score (nSPS) is 10.6. The molecule has 16 heavy (non-hydrogen) atoms. The average Bonchev–Trinajstić information content (AvgIpc) is 2.68. The zero-order chi connectivity index (χ0) is 11.5. The van der Waals surface area contributed by atoms with Crippen LogP contribution >= 0.6 is 0 Å². The van der Waals surface area contributed by atoms with Crippen LogP contribution in [-0.4, -0.2) is 12.3 Å². The van der Waals surface area contributed by atoms with Crippen molar-refractivity contribution in [2.45, 2.75) is 6.61 Å². The number of hydrogen-bond donors (Lipinski definition) is 1. The molecule has 0 aliphatic rings. The summed E-state index contributed by atoms with van der Waals surface area (Å²) in [6.07, 6.45) is 0. The number of hydrogen-bond acceptors (Lipinski definition) is 4. The summed E-state index contributed by atoms with van der Waals surface area (Å²) in [6.45, 7) is 0.212. The van der Waals surface area contributed by atoms with Crippen LogP contribution in [0.5, 0.6) is 0 Å². The quantitative estimate of drug-likeness (QED) is 0.864. The van der Waals surface area contributed by atoms with E-state index in [1.54, 1.807) is 18.2 Å². The van der Waals surface area contributed by atoms with Crippen molar-refractivity contribution in [1.29, 1.82) is 0 Å². The SMILES string of the molecule is COCc1cccc(-c2cc(N)no2)c1F. The molecule has 0 fully saturated rings. The fourth-order valence-corrected chi connectivity index (χ4v) is 1.45. The third-order valence-corrected chi connectivity index (χ3v) is 2.17. The van der Waals surface area contributed by atoms with Gasteiger partial charge in [-0.1, -0.05) is 17.3 Å². The Hall–Kier alpha value is -1.88. The van der Waals surface area contributed by atoms with Gasteiger partial charge in [0.1, 0.15) is 5.82 Å². The summed E-state index contributed by atoms with van der Waals surface area (Å²) in [5, 5.41) is 3.51. The van der Waals surface area contributed by atoms with E-state index in [0.717, 1.165) is 0 Å². The standard InChI is InChI=1S/C11H11FN2O2/c1-15-6-7-3-2-4-8(11(7)12)9-5-10(13)14-16-9/h2-5H,6H2,1H3,(H2,13,14). The molecule has 5 heteroatoms. The molecule has 0 aliphatic carbocycles. The summed E-state index contributed by atoms with van der Waals surface area (Å²) < 4.78 is 23.7. The lowest BCUT2D eigenvalue weighted by atomic mass is 10.1. The van der Waals surface area contributed by atoms with E-state index in [1.165, 1.54) is 13.2 Å². The van der Waals surface area contributed by atoms with E-state index < -0.39 is 0 Å². The van der Waals surface area contributed by atoms with Crippen molar-refractivity contribution in [3.05, 3.63) is 35.6 Å². The molecule has 0 saturated carbocycles. The Morgan fingerprint density at radius 1 is 1.50 bits per heavy atom. The van der Waals surface area contributed by atoms with Gasteiger partial charge in [-0.15, -0.1) is 0 Å².